The Morgan fingerprint density at radius 2 is 1.12 bits per heavy atom. The van der Waals surface area contributed by atoms with E-state index < -0.39 is 0 Å². The SMILES string of the molecule is ClCCn1c(/C=C\c2nc3ccccc3n2CCCl)nc2ccccc21. The van der Waals surface area contributed by atoms with Gasteiger partial charge in [-0.1, -0.05) is 24.3 Å². The molecule has 0 aliphatic heterocycles. The molecule has 0 fully saturated rings. The van der Waals surface area contributed by atoms with Crippen LogP contribution in [0.15, 0.2) is 48.5 Å². The molecule has 0 spiro atoms. The quantitative estimate of drug-likeness (QED) is 0.436. The summed E-state index contributed by atoms with van der Waals surface area (Å²) in [5.74, 6) is 2.81. The number of aryl methyl sites for hydroxylation is 2. The first-order valence-electron chi connectivity index (χ1n) is 8.52. The average Bonchev–Trinajstić information content (AvgIpc) is 3.19. The molecule has 0 saturated carbocycles. The van der Waals surface area contributed by atoms with Gasteiger partial charge in [0, 0.05) is 24.8 Å². The molecule has 132 valence electrons. The summed E-state index contributed by atoms with van der Waals surface area (Å²) >= 11 is 12.0. The fourth-order valence-corrected chi connectivity index (χ4v) is 3.57. The number of imidazole rings is 2. The van der Waals surface area contributed by atoms with E-state index in [1.807, 2.05) is 48.6 Å². The third-order valence-corrected chi connectivity index (χ3v) is 4.70. The van der Waals surface area contributed by atoms with E-state index in [0.717, 1.165) is 33.7 Å². The molecule has 0 aliphatic carbocycles. The van der Waals surface area contributed by atoms with E-state index in [0.29, 0.717) is 24.8 Å². The van der Waals surface area contributed by atoms with Gasteiger partial charge in [-0.05, 0) is 36.4 Å². The Balaban J connectivity index is 1.79. The summed E-state index contributed by atoms with van der Waals surface area (Å²) in [6.45, 7) is 1.42. The largest absolute Gasteiger partial charge is 0.323 e. The predicted octanol–water partition coefficient (Wildman–Crippen LogP) is 5.03. The minimum absolute atomic E-state index is 0.534. The van der Waals surface area contributed by atoms with Crippen LogP contribution in [0, 0.1) is 0 Å². The molecule has 2 aromatic carbocycles. The maximum atomic E-state index is 6.00. The molecule has 2 aromatic heterocycles. The van der Waals surface area contributed by atoms with E-state index >= 15 is 0 Å². The van der Waals surface area contributed by atoms with Gasteiger partial charge in [-0.25, -0.2) is 9.97 Å². The summed E-state index contributed by atoms with van der Waals surface area (Å²) in [7, 11) is 0. The van der Waals surface area contributed by atoms with E-state index in [4.69, 9.17) is 33.2 Å². The van der Waals surface area contributed by atoms with Crippen LogP contribution in [0.4, 0.5) is 0 Å². The topological polar surface area (TPSA) is 35.6 Å². The standard InChI is InChI=1S/C20H18Cl2N4/c21-11-13-25-17-7-3-1-5-15(17)23-19(25)9-10-20-24-16-6-2-4-8-18(16)26(20)14-12-22/h1-10H,11-14H2/b10-9-. The number of fused-ring (bicyclic) bond motifs is 2. The minimum Gasteiger partial charge on any atom is -0.323 e. The van der Waals surface area contributed by atoms with Crippen LogP contribution >= 0.6 is 23.2 Å². The van der Waals surface area contributed by atoms with Crippen LogP contribution in [0.2, 0.25) is 0 Å². The van der Waals surface area contributed by atoms with Crippen LogP contribution in [0.25, 0.3) is 34.2 Å². The number of halogens is 2. The third kappa shape index (κ3) is 3.11. The Morgan fingerprint density at radius 3 is 1.54 bits per heavy atom. The van der Waals surface area contributed by atoms with E-state index in [1.54, 1.807) is 0 Å². The molecule has 0 amide bonds. The number of para-hydroxylation sites is 4. The van der Waals surface area contributed by atoms with Gasteiger partial charge in [0.1, 0.15) is 11.6 Å². The Morgan fingerprint density at radius 1 is 0.692 bits per heavy atom. The highest BCUT2D eigenvalue weighted by molar-refractivity contribution is 6.18. The molecule has 0 atom stereocenters. The zero-order valence-corrected chi connectivity index (χ0v) is 15.7. The van der Waals surface area contributed by atoms with Crippen LogP contribution in [-0.2, 0) is 13.1 Å². The summed E-state index contributed by atoms with van der Waals surface area (Å²) in [6.07, 6.45) is 4.00. The van der Waals surface area contributed by atoms with Gasteiger partial charge < -0.3 is 9.13 Å². The van der Waals surface area contributed by atoms with Crippen LogP contribution in [0.5, 0.6) is 0 Å². The molecule has 2 heterocycles. The summed E-state index contributed by atoms with van der Waals surface area (Å²) < 4.78 is 4.26. The van der Waals surface area contributed by atoms with Crippen LogP contribution in [0.3, 0.4) is 0 Å². The zero-order valence-electron chi connectivity index (χ0n) is 14.1. The van der Waals surface area contributed by atoms with Crippen molar-refractivity contribution in [3.63, 3.8) is 0 Å². The van der Waals surface area contributed by atoms with Gasteiger partial charge in [-0.2, -0.15) is 0 Å². The van der Waals surface area contributed by atoms with Gasteiger partial charge in [0.15, 0.2) is 0 Å². The van der Waals surface area contributed by atoms with Crippen LogP contribution < -0.4 is 0 Å². The van der Waals surface area contributed by atoms with Crippen molar-refractivity contribution in [2.75, 3.05) is 11.8 Å². The van der Waals surface area contributed by atoms with Crippen molar-refractivity contribution in [2.45, 2.75) is 13.1 Å². The number of hydrogen-bond acceptors (Lipinski definition) is 2. The van der Waals surface area contributed by atoms with Gasteiger partial charge in [0.05, 0.1) is 22.1 Å². The average molecular weight is 385 g/mol. The zero-order chi connectivity index (χ0) is 17.9. The second-order valence-corrected chi connectivity index (χ2v) is 6.69. The van der Waals surface area contributed by atoms with Gasteiger partial charge in [0.25, 0.3) is 0 Å². The second-order valence-electron chi connectivity index (χ2n) is 5.93. The highest BCUT2D eigenvalue weighted by Crippen LogP contribution is 2.20. The monoisotopic (exact) mass is 384 g/mol. The molecule has 4 nitrogen and oxygen atoms in total. The van der Waals surface area contributed by atoms with Crippen molar-refractivity contribution >= 4 is 57.4 Å². The van der Waals surface area contributed by atoms with Gasteiger partial charge >= 0.3 is 0 Å². The number of hydrogen-bond donors (Lipinski definition) is 0. The molecule has 0 N–H and O–H groups in total. The molecular weight excluding hydrogens is 367 g/mol. The summed E-state index contributed by atoms with van der Waals surface area (Å²) in [6, 6.07) is 16.2. The first-order valence-corrected chi connectivity index (χ1v) is 9.59. The molecule has 4 aromatic rings. The second kappa shape index (κ2) is 7.52. The first-order chi connectivity index (χ1) is 12.8. The molecule has 26 heavy (non-hydrogen) atoms. The van der Waals surface area contributed by atoms with E-state index in [-0.39, 0.29) is 0 Å². The van der Waals surface area contributed by atoms with Gasteiger partial charge in [-0.15, -0.1) is 23.2 Å². The molecule has 0 unspecified atom stereocenters. The number of aromatic nitrogens is 4. The number of alkyl halides is 2. The number of benzene rings is 2. The summed E-state index contributed by atoms with van der Waals surface area (Å²) in [5, 5.41) is 0. The highest BCUT2D eigenvalue weighted by Gasteiger charge is 2.10. The lowest BCUT2D eigenvalue weighted by atomic mass is 10.3. The van der Waals surface area contributed by atoms with Crippen LogP contribution in [-0.4, -0.2) is 30.9 Å². The minimum atomic E-state index is 0.534. The summed E-state index contributed by atoms with van der Waals surface area (Å²) in [5.41, 5.74) is 4.10. The Bertz CT molecular complexity index is 992. The smallest absolute Gasteiger partial charge is 0.133 e. The lowest BCUT2D eigenvalue weighted by molar-refractivity contribution is 0.779. The van der Waals surface area contributed by atoms with Crippen molar-refractivity contribution in [3.8, 4) is 0 Å². The fraction of sp³-hybridized carbons (Fsp3) is 0.200. The highest BCUT2D eigenvalue weighted by atomic mass is 35.5. The Kier molecular flexibility index (Phi) is 4.96. The van der Waals surface area contributed by atoms with Crippen molar-refractivity contribution in [1.82, 2.24) is 19.1 Å². The molecule has 0 saturated heterocycles. The van der Waals surface area contributed by atoms with Crippen LogP contribution in [0.1, 0.15) is 11.6 Å². The number of rotatable bonds is 6. The van der Waals surface area contributed by atoms with Crippen molar-refractivity contribution in [3.05, 3.63) is 60.2 Å². The summed E-state index contributed by atoms with van der Waals surface area (Å²) in [4.78, 5) is 9.46. The lowest BCUT2D eigenvalue weighted by Crippen LogP contribution is -2.03. The third-order valence-electron chi connectivity index (χ3n) is 4.37. The van der Waals surface area contributed by atoms with Crippen molar-refractivity contribution in [2.24, 2.45) is 0 Å². The van der Waals surface area contributed by atoms with Gasteiger partial charge in [-0.3, -0.25) is 0 Å². The molecular formula is C20H18Cl2N4. The Hall–Kier alpha value is -2.30. The van der Waals surface area contributed by atoms with Gasteiger partial charge in [0.2, 0.25) is 0 Å². The molecule has 4 rings (SSSR count). The van der Waals surface area contributed by atoms with Crippen molar-refractivity contribution < 1.29 is 0 Å². The predicted molar refractivity (Wildman–Crippen MR) is 110 cm³/mol. The maximum Gasteiger partial charge on any atom is 0.133 e. The lowest BCUT2D eigenvalue weighted by Gasteiger charge is -2.05. The maximum absolute atomic E-state index is 6.00. The van der Waals surface area contributed by atoms with E-state index in [2.05, 4.69) is 21.3 Å². The van der Waals surface area contributed by atoms with Crippen molar-refractivity contribution in [1.29, 1.82) is 0 Å². The molecule has 0 bridgehead atoms. The Labute approximate surface area is 161 Å². The number of nitrogens with zero attached hydrogens (tertiary/aromatic N) is 4. The molecule has 0 radical (unpaired) electrons. The fourth-order valence-electron chi connectivity index (χ4n) is 3.23. The molecule has 0 aliphatic rings. The normalized spacial score (nSPS) is 11.9. The first kappa shape index (κ1) is 17.1. The van der Waals surface area contributed by atoms with E-state index in [1.165, 1.54) is 0 Å². The van der Waals surface area contributed by atoms with E-state index in [9.17, 15) is 0 Å². The molecule has 6 heteroatoms.